The molecule has 0 amide bonds. The minimum absolute atomic E-state index is 0.0204. The summed E-state index contributed by atoms with van der Waals surface area (Å²) >= 11 is 0. The summed E-state index contributed by atoms with van der Waals surface area (Å²) in [5, 5.41) is 31.1. The molecule has 0 heterocycles. The first-order valence-electron chi connectivity index (χ1n) is 10.3. The van der Waals surface area contributed by atoms with Gasteiger partial charge in [0, 0.05) is 18.8 Å². The second-order valence-electron chi connectivity index (χ2n) is 7.95. The number of carbonyl (C=O) groups excluding carboxylic acids is 1. The third kappa shape index (κ3) is 9.04. The van der Waals surface area contributed by atoms with Crippen LogP contribution in [0.5, 0.6) is 0 Å². The third-order valence-corrected chi connectivity index (χ3v) is 5.46. The Balaban J connectivity index is 2.53. The largest absolute Gasteiger partial charge is 0.469 e. The van der Waals surface area contributed by atoms with E-state index < -0.39 is 17.8 Å². The van der Waals surface area contributed by atoms with Crippen LogP contribution in [-0.4, -0.2) is 46.2 Å². The molecule has 1 saturated carbocycles. The van der Waals surface area contributed by atoms with E-state index in [9.17, 15) is 20.1 Å². The fraction of sp³-hybridized carbons (Fsp3) is 0.773. The molecule has 0 aromatic carbocycles. The highest BCUT2D eigenvalue weighted by Crippen LogP contribution is 2.37. The van der Waals surface area contributed by atoms with E-state index in [1.54, 1.807) is 13.0 Å². The predicted molar refractivity (Wildman–Crippen MR) is 107 cm³/mol. The molecule has 0 spiro atoms. The molecule has 1 rings (SSSR count). The SMILES string of the molecule is CCCCC[C@](C)(O)/C=C/[C@@H]1[C@@H](CC/C=C\CCC(=O)OC)[C@@H](O)C[C@H]1O. The van der Waals surface area contributed by atoms with Gasteiger partial charge < -0.3 is 20.1 Å². The van der Waals surface area contributed by atoms with Crippen molar-refractivity contribution in [1.29, 1.82) is 0 Å². The van der Waals surface area contributed by atoms with Crippen LogP contribution in [0.3, 0.4) is 0 Å². The van der Waals surface area contributed by atoms with E-state index in [0.717, 1.165) is 32.1 Å². The molecule has 27 heavy (non-hydrogen) atoms. The molecule has 156 valence electrons. The summed E-state index contributed by atoms with van der Waals surface area (Å²) in [6.45, 7) is 3.94. The monoisotopic (exact) mass is 382 g/mol. The van der Waals surface area contributed by atoms with Crippen molar-refractivity contribution in [3.63, 3.8) is 0 Å². The first kappa shape index (κ1) is 23.9. The van der Waals surface area contributed by atoms with E-state index in [1.807, 2.05) is 18.2 Å². The smallest absolute Gasteiger partial charge is 0.305 e. The average Bonchev–Trinajstić information content (AvgIpc) is 2.89. The van der Waals surface area contributed by atoms with Crippen LogP contribution in [0.25, 0.3) is 0 Å². The molecule has 0 bridgehead atoms. The van der Waals surface area contributed by atoms with Crippen molar-refractivity contribution in [2.75, 3.05) is 7.11 Å². The summed E-state index contributed by atoms with van der Waals surface area (Å²) in [6.07, 6.45) is 13.4. The summed E-state index contributed by atoms with van der Waals surface area (Å²) in [5.41, 5.74) is -0.874. The van der Waals surface area contributed by atoms with Crippen molar-refractivity contribution in [3.8, 4) is 0 Å². The molecular weight excluding hydrogens is 344 g/mol. The molecule has 1 fully saturated rings. The predicted octanol–water partition coefficient (Wildman–Crippen LogP) is 3.52. The number of hydrogen-bond donors (Lipinski definition) is 3. The van der Waals surface area contributed by atoms with Gasteiger partial charge in [0.15, 0.2) is 0 Å². The lowest BCUT2D eigenvalue weighted by atomic mass is 9.87. The zero-order valence-corrected chi connectivity index (χ0v) is 17.1. The lowest BCUT2D eigenvalue weighted by molar-refractivity contribution is -0.140. The second kappa shape index (κ2) is 12.3. The molecule has 0 saturated heterocycles. The number of esters is 1. The lowest BCUT2D eigenvalue weighted by Crippen LogP contribution is -2.24. The van der Waals surface area contributed by atoms with Gasteiger partial charge in [0.2, 0.25) is 0 Å². The van der Waals surface area contributed by atoms with Crippen molar-refractivity contribution >= 4 is 5.97 Å². The third-order valence-electron chi connectivity index (χ3n) is 5.46. The minimum atomic E-state index is -0.874. The van der Waals surface area contributed by atoms with Gasteiger partial charge >= 0.3 is 5.97 Å². The standard InChI is InChI=1S/C22H38O5/c1-4-5-10-14-22(2,26)15-13-18-17(19(23)16-20(18)24)11-8-6-7-9-12-21(25)27-3/h6-7,13,15,17-20,23-24,26H,4-5,8-12,14,16H2,1-3H3/b7-6-,15-13+/t17-,18-,19+,20-,22+/m1/s1. The summed E-state index contributed by atoms with van der Waals surface area (Å²) in [7, 11) is 1.38. The topological polar surface area (TPSA) is 87.0 Å². The Morgan fingerprint density at radius 2 is 1.89 bits per heavy atom. The van der Waals surface area contributed by atoms with Crippen molar-refractivity contribution in [3.05, 3.63) is 24.3 Å². The van der Waals surface area contributed by atoms with Crippen LogP contribution in [-0.2, 0) is 9.53 Å². The maximum atomic E-state index is 11.1. The molecule has 0 radical (unpaired) electrons. The molecule has 1 aliphatic rings. The quantitative estimate of drug-likeness (QED) is 0.273. The molecule has 5 nitrogen and oxygen atoms in total. The van der Waals surface area contributed by atoms with E-state index in [1.165, 1.54) is 7.11 Å². The fourth-order valence-corrected chi connectivity index (χ4v) is 3.74. The van der Waals surface area contributed by atoms with Crippen LogP contribution in [0.15, 0.2) is 24.3 Å². The van der Waals surface area contributed by atoms with Gasteiger partial charge in [-0.25, -0.2) is 0 Å². The molecule has 5 atom stereocenters. The molecule has 5 heteroatoms. The molecule has 0 aliphatic heterocycles. The highest BCUT2D eigenvalue weighted by atomic mass is 16.5. The number of carbonyl (C=O) groups is 1. The fourth-order valence-electron chi connectivity index (χ4n) is 3.74. The first-order chi connectivity index (χ1) is 12.8. The second-order valence-corrected chi connectivity index (χ2v) is 7.95. The number of aliphatic hydroxyl groups is 3. The van der Waals surface area contributed by atoms with Crippen LogP contribution in [0.2, 0.25) is 0 Å². The van der Waals surface area contributed by atoms with Crippen molar-refractivity contribution < 1.29 is 24.9 Å². The number of unbranched alkanes of at least 4 members (excludes halogenated alkanes) is 2. The molecule has 3 N–H and O–H groups in total. The van der Waals surface area contributed by atoms with Gasteiger partial charge in [-0.2, -0.15) is 0 Å². The van der Waals surface area contributed by atoms with Crippen LogP contribution in [0, 0.1) is 11.8 Å². The van der Waals surface area contributed by atoms with Crippen LogP contribution >= 0.6 is 0 Å². The highest BCUT2D eigenvalue weighted by molar-refractivity contribution is 5.69. The highest BCUT2D eigenvalue weighted by Gasteiger charge is 2.39. The molecule has 0 aromatic heterocycles. The number of rotatable bonds is 12. The van der Waals surface area contributed by atoms with E-state index >= 15 is 0 Å². The first-order valence-corrected chi connectivity index (χ1v) is 10.3. The van der Waals surface area contributed by atoms with Crippen LogP contribution in [0.4, 0.5) is 0 Å². The van der Waals surface area contributed by atoms with Crippen LogP contribution in [0.1, 0.15) is 71.6 Å². The Hall–Kier alpha value is -1.17. The van der Waals surface area contributed by atoms with Crippen molar-refractivity contribution in [1.82, 2.24) is 0 Å². The van der Waals surface area contributed by atoms with E-state index in [2.05, 4.69) is 11.7 Å². The van der Waals surface area contributed by atoms with Gasteiger partial charge in [0.05, 0.1) is 24.9 Å². The Morgan fingerprint density at radius 1 is 1.19 bits per heavy atom. The molecule has 0 aromatic rings. The minimum Gasteiger partial charge on any atom is -0.469 e. The summed E-state index contributed by atoms with van der Waals surface area (Å²) < 4.78 is 4.60. The maximum absolute atomic E-state index is 11.1. The summed E-state index contributed by atoms with van der Waals surface area (Å²) in [6, 6.07) is 0. The Kier molecular flexibility index (Phi) is 10.9. The van der Waals surface area contributed by atoms with Gasteiger partial charge in [-0.3, -0.25) is 4.79 Å². The number of allylic oxidation sites excluding steroid dienone is 2. The normalized spacial score (nSPS) is 28.1. The van der Waals surface area contributed by atoms with Crippen molar-refractivity contribution in [2.45, 2.75) is 89.4 Å². The Bertz CT molecular complexity index is 483. The van der Waals surface area contributed by atoms with Crippen LogP contribution < -0.4 is 0 Å². The van der Waals surface area contributed by atoms with Gasteiger partial charge in [0.25, 0.3) is 0 Å². The van der Waals surface area contributed by atoms with Gasteiger partial charge in [-0.1, -0.05) is 50.5 Å². The molecular formula is C22H38O5. The van der Waals surface area contributed by atoms with E-state index in [4.69, 9.17) is 0 Å². The molecule has 1 aliphatic carbocycles. The Morgan fingerprint density at radius 3 is 2.56 bits per heavy atom. The molecule has 0 unspecified atom stereocenters. The zero-order chi connectivity index (χ0) is 20.3. The maximum Gasteiger partial charge on any atom is 0.305 e. The number of ether oxygens (including phenoxy) is 1. The summed E-state index contributed by atoms with van der Waals surface area (Å²) in [4.78, 5) is 11.1. The number of methoxy groups -OCH3 is 1. The summed E-state index contributed by atoms with van der Waals surface area (Å²) in [5.74, 6) is -0.376. The van der Waals surface area contributed by atoms with E-state index in [0.29, 0.717) is 25.7 Å². The van der Waals surface area contributed by atoms with Gasteiger partial charge in [-0.15, -0.1) is 0 Å². The number of aliphatic hydroxyl groups excluding tert-OH is 2. The van der Waals surface area contributed by atoms with Gasteiger partial charge in [-0.05, 0) is 38.5 Å². The number of hydrogen-bond acceptors (Lipinski definition) is 5. The van der Waals surface area contributed by atoms with E-state index in [-0.39, 0.29) is 17.8 Å². The van der Waals surface area contributed by atoms with Crippen molar-refractivity contribution in [2.24, 2.45) is 11.8 Å². The Labute approximate surface area is 164 Å². The average molecular weight is 383 g/mol. The lowest BCUT2D eigenvalue weighted by Gasteiger charge is -2.23. The van der Waals surface area contributed by atoms with Gasteiger partial charge in [0.1, 0.15) is 0 Å². The zero-order valence-electron chi connectivity index (χ0n) is 17.1.